The van der Waals surface area contributed by atoms with Crippen molar-refractivity contribution < 1.29 is 78.0 Å². The fourth-order valence-corrected chi connectivity index (χ4v) is 10.2. The van der Waals surface area contributed by atoms with Crippen molar-refractivity contribution in [1.82, 2.24) is 56.6 Å². The van der Waals surface area contributed by atoms with Crippen LogP contribution in [0.1, 0.15) is 112 Å². The number of carbonyl (C=O) groups is 7. The van der Waals surface area contributed by atoms with Gasteiger partial charge in [-0.05, 0) is 37.5 Å². The largest absolute Gasteiger partial charge is 0.480 e. The molecule has 2 unspecified atom stereocenters. The Morgan fingerprint density at radius 3 is 2.12 bits per heavy atom. The zero-order chi connectivity index (χ0) is 61.2. The number of urea groups is 3. The summed E-state index contributed by atoms with van der Waals surface area (Å²) in [5.41, 5.74) is 4.13. The number of ether oxygens (including phenoxy) is 4. The van der Waals surface area contributed by atoms with E-state index in [1.165, 1.54) is 7.11 Å². The minimum atomic E-state index is -1.97. The number of hydrogen-bond acceptors (Lipinski definition) is 20. The second-order valence-corrected chi connectivity index (χ2v) is 21.8. The molecule has 9 amide bonds. The molecule has 31 nitrogen and oxygen atoms in total. The Hall–Kier alpha value is -6.48. The molecule has 0 saturated carbocycles. The molecule has 83 heavy (non-hydrogen) atoms. The zero-order valence-corrected chi connectivity index (χ0v) is 48.2. The normalized spacial score (nSPS) is 26.2. The number of aromatic amines is 1. The van der Waals surface area contributed by atoms with Gasteiger partial charge in [0.05, 0.1) is 12.1 Å². The highest BCUT2D eigenvalue weighted by atomic mass is 16.7. The SMILES string of the molecule is CCCCCCNC(=O)NC[C@H]1O[C@@H](OC(C2C(=O)N(CCCCCC)C(=O)N2CCCNC(=O)[C@@H](NC(=O)[C@@H](NC(=O)N[C@H](C(=O)O)C(C)C)[C@@H]2CCN=C(N)N2)[C@@H](O)C(C)C)[C@H]2O[C@@H](n3ccc(=O)[nH]c3=O)[C@H](O)[C@@H]2O)[C@H](OC)[C@@H]1O. The van der Waals surface area contributed by atoms with Gasteiger partial charge >= 0.3 is 29.8 Å². The van der Waals surface area contributed by atoms with Crippen LogP contribution in [0.3, 0.4) is 0 Å². The number of aliphatic hydroxyl groups is 4. The lowest BCUT2D eigenvalue weighted by atomic mass is 9.97. The number of hydrogen-bond donors (Lipinski definition) is 14. The van der Waals surface area contributed by atoms with Gasteiger partial charge in [-0.25, -0.2) is 24.0 Å². The number of nitrogens with two attached hydrogens (primary N) is 1. The van der Waals surface area contributed by atoms with Crippen LogP contribution in [0.25, 0.3) is 0 Å². The van der Waals surface area contributed by atoms with E-state index in [0.717, 1.165) is 65.2 Å². The Balaban J connectivity index is 1.43. The monoisotopic (exact) mass is 1180 g/mol. The highest BCUT2D eigenvalue weighted by molar-refractivity contribution is 6.04. The van der Waals surface area contributed by atoms with E-state index in [2.05, 4.69) is 54.1 Å². The molecular weight excluding hydrogens is 1090 g/mol. The first-order valence-corrected chi connectivity index (χ1v) is 28.6. The van der Waals surface area contributed by atoms with E-state index in [0.29, 0.717) is 19.4 Å². The maximum Gasteiger partial charge on any atom is 0.330 e. The highest BCUT2D eigenvalue weighted by Gasteiger charge is 2.59. The molecular formula is C52H87N13O18. The fourth-order valence-electron chi connectivity index (χ4n) is 10.2. The molecule has 0 aliphatic carbocycles. The van der Waals surface area contributed by atoms with Crippen LogP contribution >= 0.6 is 0 Å². The first-order chi connectivity index (χ1) is 39.4. The maximum absolute atomic E-state index is 14.9. The molecule has 3 saturated heterocycles. The molecule has 0 bridgehead atoms. The van der Waals surface area contributed by atoms with Crippen molar-refractivity contribution in [3.63, 3.8) is 0 Å². The molecule has 4 aliphatic rings. The number of aliphatic carboxylic acids is 1. The summed E-state index contributed by atoms with van der Waals surface area (Å²) in [6.07, 6.45) is -8.93. The summed E-state index contributed by atoms with van der Waals surface area (Å²) in [6, 6.07) is -8.52. The molecule has 0 spiro atoms. The molecule has 15 N–H and O–H groups in total. The van der Waals surface area contributed by atoms with Gasteiger partial charge in [0.1, 0.15) is 66.9 Å². The van der Waals surface area contributed by atoms with Crippen molar-refractivity contribution in [3.8, 4) is 0 Å². The van der Waals surface area contributed by atoms with Crippen LogP contribution in [0.15, 0.2) is 26.8 Å². The first kappa shape index (κ1) is 67.3. The second kappa shape index (κ2) is 32.0. The van der Waals surface area contributed by atoms with E-state index in [-0.39, 0.29) is 51.5 Å². The molecule has 3 fully saturated rings. The van der Waals surface area contributed by atoms with Crippen LogP contribution in [0.2, 0.25) is 0 Å². The van der Waals surface area contributed by atoms with Crippen molar-refractivity contribution in [2.45, 2.75) is 197 Å². The lowest BCUT2D eigenvalue weighted by Crippen LogP contribution is -2.66. The molecule has 31 heteroatoms. The summed E-state index contributed by atoms with van der Waals surface area (Å²) in [7, 11) is 1.24. The van der Waals surface area contributed by atoms with Crippen molar-refractivity contribution >= 4 is 47.7 Å². The number of guanidine groups is 1. The molecule has 4 aliphatic heterocycles. The molecule has 5 heterocycles. The van der Waals surface area contributed by atoms with Gasteiger partial charge in [0.2, 0.25) is 11.8 Å². The van der Waals surface area contributed by atoms with Gasteiger partial charge in [0, 0.05) is 58.6 Å². The van der Waals surface area contributed by atoms with Crippen LogP contribution in [-0.2, 0) is 38.1 Å². The number of carboxylic acid groups (broad SMARTS) is 1. The van der Waals surface area contributed by atoms with Crippen LogP contribution in [0.4, 0.5) is 14.4 Å². The number of aliphatic hydroxyl groups excluding tert-OH is 4. The number of amides is 9. The number of imide groups is 1. The van der Waals surface area contributed by atoms with Gasteiger partial charge < -0.3 is 92.3 Å². The van der Waals surface area contributed by atoms with E-state index in [4.69, 9.17) is 24.7 Å². The molecule has 468 valence electrons. The summed E-state index contributed by atoms with van der Waals surface area (Å²) in [6.45, 7) is 9.99. The summed E-state index contributed by atoms with van der Waals surface area (Å²) < 4.78 is 25.3. The number of methoxy groups -OCH3 is 1. The van der Waals surface area contributed by atoms with Gasteiger partial charge in [-0.15, -0.1) is 0 Å². The number of unbranched alkanes of at least 4 members (excludes halogenated alkanes) is 6. The Morgan fingerprint density at radius 2 is 1.49 bits per heavy atom. The van der Waals surface area contributed by atoms with E-state index < -0.39 is 156 Å². The van der Waals surface area contributed by atoms with Gasteiger partial charge in [0.25, 0.3) is 11.5 Å². The van der Waals surface area contributed by atoms with Crippen molar-refractivity contribution in [3.05, 3.63) is 33.1 Å². The van der Waals surface area contributed by atoms with Crippen molar-refractivity contribution in [1.29, 1.82) is 0 Å². The Labute approximate surface area is 480 Å². The third-order valence-corrected chi connectivity index (χ3v) is 15.0. The Kier molecular flexibility index (Phi) is 25.9. The third-order valence-electron chi connectivity index (χ3n) is 15.0. The Bertz CT molecular complexity index is 2500. The van der Waals surface area contributed by atoms with Crippen LogP contribution in [0.5, 0.6) is 0 Å². The number of nitrogens with one attached hydrogen (secondary N) is 8. The molecule has 1 aromatic heterocycles. The number of aliphatic imine (C=N–C) groups is 1. The van der Waals surface area contributed by atoms with Gasteiger partial charge in [0.15, 0.2) is 18.5 Å². The number of rotatable bonds is 32. The van der Waals surface area contributed by atoms with Crippen molar-refractivity contribution in [2.24, 2.45) is 22.6 Å². The first-order valence-electron chi connectivity index (χ1n) is 28.6. The quantitative estimate of drug-likeness (QED) is 0.0256. The molecule has 0 aromatic carbocycles. The lowest BCUT2D eigenvalue weighted by Gasteiger charge is -2.36. The molecule has 5 rings (SSSR count). The smallest absolute Gasteiger partial charge is 0.330 e. The van der Waals surface area contributed by atoms with E-state index >= 15 is 0 Å². The minimum absolute atomic E-state index is 0.0465. The minimum Gasteiger partial charge on any atom is -0.480 e. The predicted octanol–water partition coefficient (Wildman–Crippen LogP) is -2.80. The average Bonchev–Trinajstić information content (AvgIpc) is 2.31. The zero-order valence-electron chi connectivity index (χ0n) is 48.2. The molecule has 15 atom stereocenters. The summed E-state index contributed by atoms with van der Waals surface area (Å²) in [5, 5.41) is 74.2. The van der Waals surface area contributed by atoms with Crippen molar-refractivity contribution in [2.75, 3.05) is 46.4 Å². The van der Waals surface area contributed by atoms with Crippen LogP contribution in [0, 0.1) is 11.8 Å². The summed E-state index contributed by atoms with van der Waals surface area (Å²) in [5.74, 6) is -5.25. The van der Waals surface area contributed by atoms with Gasteiger partial charge in [-0.1, -0.05) is 80.1 Å². The third kappa shape index (κ3) is 17.8. The summed E-state index contributed by atoms with van der Waals surface area (Å²) in [4.78, 5) is 129. The number of carbonyl (C=O) groups excluding carboxylic acids is 6. The predicted molar refractivity (Wildman–Crippen MR) is 295 cm³/mol. The maximum atomic E-state index is 14.9. The Morgan fingerprint density at radius 1 is 0.807 bits per heavy atom. The van der Waals surface area contributed by atoms with Crippen LogP contribution < -0.4 is 54.2 Å². The number of aromatic nitrogens is 2. The highest BCUT2D eigenvalue weighted by Crippen LogP contribution is 2.38. The average molecular weight is 1180 g/mol. The van der Waals surface area contributed by atoms with E-state index in [9.17, 15) is 68.7 Å². The van der Waals surface area contributed by atoms with E-state index in [1.54, 1.807) is 27.7 Å². The topological polar surface area (TPSA) is 441 Å². The van der Waals surface area contributed by atoms with Gasteiger partial charge in [-0.3, -0.25) is 38.6 Å². The standard InChI is InChI=1S/C52H87N13O18/c1-8-10-12-14-19-56-49(76)57-25-29-36(68)41(80-7)47(81-29)83-39(40-37(69)38(70)45(82-40)65-24-18-30(66)59-51(65)78)34-44(73)64(22-15-13-11-9-2)52(79)63(34)23-16-20-54-42(71)33(35(67)27(5)6)60-43(72)32(28-17-21-55-48(53)58-28)62-50(77)61-31(26(3)4)46(74)75/h18,24,26-29,31-41,45,47,67-70H,8-17,19-23,25H2,1-7H3,(H,54,71)(H,60,72)(H,74,75)(H3,53,55,58)(H2,56,57,76)(H,59,66,78)(H2,61,62,77)/t28-,29+,31-,32-,33-,34?,35-,36+,37-,38+,39?,40-,41+,45+,47-/m0/s1. The fraction of sp³-hybridized carbons (Fsp3) is 0.769. The van der Waals surface area contributed by atoms with Gasteiger partial charge in [-0.2, -0.15) is 0 Å². The molecule has 0 radical (unpaired) electrons. The second-order valence-electron chi connectivity index (χ2n) is 21.8. The summed E-state index contributed by atoms with van der Waals surface area (Å²) >= 11 is 0. The number of carboxylic acids is 1. The molecule has 1 aromatic rings. The van der Waals surface area contributed by atoms with E-state index in [1.807, 2.05) is 6.92 Å². The van der Waals surface area contributed by atoms with Crippen LogP contribution in [-0.4, -0.2) is 224 Å². The lowest BCUT2D eigenvalue weighted by molar-refractivity contribution is -0.233. The number of H-pyrrole nitrogens is 1. The number of nitrogens with zero attached hydrogens (tertiary/aromatic N) is 4.